The van der Waals surface area contributed by atoms with Crippen LogP contribution in [0.25, 0.3) is 0 Å². The van der Waals surface area contributed by atoms with Gasteiger partial charge in [0.15, 0.2) is 0 Å². The molecule has 0 atom stereocenters. The second kappa shape index (κ2) is 8.78. The van der Waals surface area contributed by atoms with Crippen LogP contribution in [-0.2, 0) is 27.9 Å². The largest absolute Gasteiger partial charge is 0.447 e. The second-order valence-electron chi connectivity index (χ2n) is 7.60. The van der Waals surface area contributed by atoms with Gasteiger partial charge in [-0.25, -0.2) is 8.42 Å². The summed E-state index contributed by atoms with van der Waals surface area (Å²) in [5.41, 5.74) is 1.20. The van der Waals surface area contributed by atoms with Crippen LogP contribution in [0.1, 0.15) is 37.0 Å². The second-order valence-corrected chi connectivity index (χ2v) is 9.47. The molecule has 0 unspecified atom stereocenters. The van der Waals surface area contributed by atoms with Gasteiger partial charge in [-0.2, -0.15) is 4.31 Å². The Morgan fingerprint density at radius 3 is 2.39 bits per heavy atom. The molecular weight excluding hydrogens is 376 g/mol. The molecule has 6 nitrogen and oxygen atoms in total. The first-order valence-electron chi connectivity index (χ1n) is 10.1. The summed E-state index contributed by atoms with van der Waals surface area (Å²) in [5.74, 6) is 0.710. The van der Waals surface area contributed by atoms with Gasteiger partial charge in [-0.1, -0.05) is 30.3 Å². The molecule has 0 radical (unpaired) electrons. The van der Waals surface area contributed by atoms with E-state index in [1.54, 1.807) is 12.1 Å². The van der Waals surface area contributed by atoms with Gasteiger partial charge in [0.25, 0.3) is 10.0 Å². The Labute approximate surface area is 167 Å². The average molecular weight is 405 g/mol. The van der Waals surface area contributed by atoms with Gasteiger partial charge in [0.1, 0.15) is 5.76 Å². The molecule has 1 aromatic carbocycles. The van der Waals surface area contributed by atoms with Crippen LogP contribution >= 0.6 is 0 Å². The highest BCUT2D eigenvalue weighted by Crippen LogP contribution is 2.24. The minimum absolute atomic E-state index is 0.0745. The first kappa shape index (κ1) is 19.6. The molecule has 2 saturated heterocycles. The van der Waals surface area contributed by atoms with E-state index in [2.05, 4.69) is 17.0 Å². The summed E-state index contributed by atoms with van der Waals surface area (Å²) in [7, 11) is -3.47. The molecule has 28 heavy (non-hydrogen) atoms. The summed E-state index contributed by atoms with van der Waals surface area (Å²) in [6.45, 7) is 4.33. The van der Waals surface area contributed by atoms with Crippen LogP contribution in [0.5, 0.6) is 0 Å². The van der Waals surface area contributed by atoms with Crippen molar-refractivity contribution in [3.8, 4) is 0 Å². The molecule has 0 bridgehead atoms. The number of hydrogen-bond donors (Lipinski definition) is 0. The summed E-state index contributed by atoms with van der Waals surface area (Å²) in [6.07, 6.45) is 4.08. The van der Waals surface area contributed by atoms with E-state index in [0.717, 1.165) is 38.8 Å². The van der Waals surface area contributed by atoms with E-state index in [0.29, 0.717) is 32.0 Å². The minimum atomic E-state index is -3.47. The molecule has 0 spiro atoms. The molecule has 7 heteroatoms. The van der Waals surface area contributed by atoms with Crippen molar-refractivity contribution in [2.24, 2.45) is 0 Å². The van der Waals surface area contributed by atoms with Crippen molar-refractivity contribution in [1.29, 1.82) is 0 Å². The van der Waals surface area contributed by atoms with Gasteiger partial charge in [-0.05, 0) is 43.4 Å². The predicted molar refractivity (Wildman–Crippen MR) is 106 cm³/mol. The van der Waals surface area contributed by atoms with Gasteiger partial charge >= 0.3 is 0 Å². The number of likely N-dealkylation sites (tertiary alicyclic amines) is 1. The minimum Gasteiger partial charge on any atom is -0.447 e. The highest BCUT2D eigenvalue weighted by Gasteiger charge is 2.30. The number of piperidine rings is 1. The Morgan fingerprint density at radius 2 is 1.68 bits per heavy atom. The fourth-order valence-corrected chi connectivity index (χ4v) is 5.33. The van der Waals surface area contributed by atoms with E-state index in [-0.39, 0.29) is 11.2 Å². The summed E-state index contributed by atoms with van der Waals surface area (Å²) < 4.78 is 38.4. The van der Waals surface area contributed by atoms with E-state index in [1.807, 2.05) is 18.2 Å². The molecule has 4 rings (SSSR count). The molecule has 0 aliphatic carbocycles. The fourth-order valence-electron chi connectivity index (χ4n) is 3.88. The van der Waals surface area contributed by atoms with E-state index in [9.17, 15) is 8.42 Å². The molecule has 3 heterocycles. The lowest BCUT2D eigenvalue weighted by atomic mass is 10.1. The summed E-state index contributed by atoms with van der Waals surface area (Å²) in [6, 6.07) is 13.6. The maximum Gasteiger partial charge on any atom is 0.276 e. The molecule has 152 valence electrons. The van der Waals surface area contributed by atoms with Gasteiger partial charge in [-0.15, -0.1) is 0 Å². The SMILES string of the molecule is O=S(=O)(c1ccc(CN2CCC(OCc3ccccc3)CC2)o1)N1CCCC1. The number of ether oxygens (including phenoxy) is 1. The van der Waals surface area contributed by atoms with Crippen LogP contribution in [0, 0.1) is 0 Å². The predicted octanol–water partition coefficient (Wildman–Crippen LogP) is 3.25. The molecular formula is C21H28N2O4S. The lowest BCUT2D eigenvalue weighted by Gasteiger charge is -2.31. The van der Waals surface area contributed by atoms with Crippen LogP contribution in [0.2, 0.25) is 0 Å². The summed E-state index contributed by atoms with van der Waals surface area (Å²) >= 11 is 0. The van der Waals surface area contributed by atoms with Gasteiger partial charge in [0.2, 0.25) is 5.09 Å². The van der Waals surface area contributed by atoms with Crippen LogP contribution in [-0.4, -0.2) is 49.9 Å². The Morgan fingerprint density at radius 1 is 0.964 bits per heavy atom. The molecule has 0 saturated carbocycles. The van der Waals surface area contributed by atoms with E-state index < -0.39 is 10.0 Å². The maximum absolute atomic E-state index is 12.6. The third-order valence-corrected chi connectivity index (χ3v) is 7.31. The lowest BCUT2D eigenvalue weighted by molar-refractivity contribution is -0.00515. The topological polar surface area (TPSA) is 63.0 Å². The maximum atomic E-state index is 12.6. The van der Waals surface area contributed by atoms with Crippen LogP contribution in [0.3, 0.4) is 0 Å². The van der Waals surface area contributed by atoms with Gasteiger partial charge in [0.05, 0.1) is 19.3 Å². The van der Waals surface area contributed by atoms with E-state index in [1.165, 1.54) is 9.87 Å². The molecule has 2 aliphatic heterocycles. The lowest BCUT2D eigenvalue weighted by Crippen LogP contribution is -2.36. The molecule has 2 aromatic rings. The zero-order valence-electron chi connectivity index (χ0n) is 16.1. The van der Waals surface area contributed by atoms with E-state index in [4.69, 9.17) is 9.15 Å². The standard InChI is InChI=1S/C21H28N2O4S/c24-28(25,23-12-4-5-13-23)21-9-8-20(27-21)16-22-14-10-19(11-15-22)26-17-18-6-2-1-3-7-18/h1-3,6-9,19H,4-5,10-17H2. The fraction of sp³-hybridized carbons (Fsp3) is 0.524. The zero-order valence-corrected chi connectivity index (χ0v) is 16.9. The Hall–Kier alpha value is -1.67. The summed E-state index contributed by atoms with van der Waals surface area (Å²) in [5, 5.41) is 0.0745. The Bertz CT molecular complexity index is 852. The quantitative estimate of drug-likeness (QED) is 0.709. The van der Waals surface area contributed by atoms with Crippen LogP contribution in [0.4, 0.5) is 0 Å². The number of hydrogen-bond acceptors (Lipinski definition) is 5. The third-order valence-electron chi connectivity index (χ3n) is 5.54. The van der Waals surface area contributed by atoms with Crippen molar-refractivity contribution >= 4 is 10.0 Å². The zero-order chi connectivity index (χ0) is 19.4. The van der Waals surface area contributed by atoms with Crippen molar-refractivity contribution in [2.75, 3.05) is 26.2 Å². The van der Waals surface area contributed by atoms with Crippen LogP contribution < -0.4 is 0 Å². The number of furan rings is 1. The van der Waals surface area contributed by atoms with Gasteiger partial charge in [0, 0.05) is 26.2 Å². The van der Waals surface area contributed by atoms with Crippen molar-refractivity contribution in [3.63, 3.8) is 0 Å². The van der Waals surface area contributed by atoms with Crippen LogP contribution in [0.15, 0.2) is 52.0 Å². The monoisotopic (exact) mass is 404 g/mol. The van der Waals surface area contributed by atoms with Gasteiger partial charge in [-0.3, -0.25) is 4.90 Å². The number of sulfonamides is 1. The first-order valence-corrected chi connectivity index (χ1v) is 11.5. The summed E-state index contributed by atoms with van der Waals surface area (Å²) in [4.78, 5) is 2.30. The van der Waals surface area contributed by atoms with Crippen molar-refractivity contribution in [1.82, 2.24) is 9.21 Å². The Balaban J connectivity index is 1.25. The normalized spacial score (nSPS) is 20.0. The Kier molecular flexibility index (Phi) is 6.16. The van der Waals surface area contributed by atoms with Crippen molar-refractivity contribution < 1.29 is 17.6 Å². The average Bonchev–Trinajstić information content (AvgIpc) is 3.41. The molecule has 0 N–H and O–H groups in total. The highest BCUT2D eigenvalue weighted by atomic mass is 32.2. The molecule has 0 amide bonds. The van der Waals surface area contributed by atoms with Gasteiger partial charge < -0.3 is 9.15 Å². The van der Waals surface area contributed by atoms with Crippen molar-refractivity contribution in [3.05, 3.63) is 53.8 Å². The third kappa shape index (κ3) is 4.66. The number of rotatable bonds is 7. The molecule has 2 aliphatic rings. The number of nitrogens with zero attached hydrogens (tertiary/aromatic N) is 2. The number of benzene rings is 1. The molecule has 1 aromatic heterocycles. The molecule has 2 fully saturated rings. The first-order chi connectivity index (χ1) is 13.6. The van der Waals surface area contributed by atoms with Crippen molar-refractivity contribution in [2.45, 2.75) is 50.0 Å². The smallest absolute Gasteiger partial charge is 0.276 e. The van der Waals surface area contributed by atoms with E-state index >= 15 is 0 Å². The highest BCUT2D eigenvalue weighted by molar-refractivity contribution is 7.89.